The largest absolute Gasteiger partial charge is 0.457 e. The van der Waals surface area contributed by atoms with Crippen LogP contribution in [0.2, 0.25) is 0 Å². The highest BCUT2D eigenvalue weighted by atomic mass is 32.1. The molecule has 12 heteroatoms. The number of alkyl halides is 6. The van der Waals surface area contributed by atoms with Gasteiger partial charge in [-0.05, 0) is 12.1 Å². The predicted molar refractivity (Wildman–Crippen MR) is 75.4 cm³/mol. The van der Waals surface area contributed by atoms with Crippen LogP contribution in [0.4, 0.5) is 26.3 Å². The van der Waals surface area contributed by atoms with Gasteiger partial charge in [-0.15, -0.1) is 11.3 Å². The third kappa shape index (κ3) is 3.45. The van der Waals surface area contributed by atoms with Crippen molar-refractivity contribution in [1.82, 2.24) is 9.88 Å². The van der Waals surface area contributed by atoms with Gasteiger partial charge < -0.3 is 4.90 Å². The number of aromatic nitrogens is 2. The number of thiophene rings is 1. The van der Waals surface area contributed by atoms with Gasteiger partial charge in [0.1, 0.15) is 19.3 Å². The first-order valence-corrected chi connectivity index (χ1v) is 7.97. The fraction of sp³-hybridized carbons (Fsp3) is 0.357. The molecule has 1 aliphatic rings. The minimum Gasteiger partial charge on any atom is -0.322 e. The third-order valence-corrected chi connectivity index (χ3v) is 4.82. The molecule has 0 saturated carbocycles. The summed E-state index contributed by atoms with van der Waals surface area (Å²) in [5, 5.41) is 0. The van der Waals surface area contributed by atoms with E-state index in [1.54, 1.807) is 0 Å². The maximum Gasteiger partial charge on any atom is 0.457 e. The lowest BCUT2D eigenvalue weighted by Gasteiger charge is -2.23. The monoisotopic (exact) mass is 398 g/mol. The first-order chi connectivity index (χ1) is 12.0. The van der Waals surface area contributed by atoms with Crippen molar-refractivity contribution < 1.29 is 40.5 Å². The second kappa shape index (κ2) is 6.11. The number of ketones is 1. The summed E-state index contributed by atoms with van der Waals surface area (Å²) in [7, 11) is 0. The fourth-order valence-corrected chi connectivity index (χ4v) is 3.43. The molecular weight excluding hydrogens is 388 g/mol. The number of rotatable bonds is 2. The van der Waals surface area contributed by atoms with Crippen molar-refractivity contribution in [3.8, 4) is 0 Å². The van der Waals surface area contributed by atoms with Crippen molar-refractivity contribution in [3.05, 3.63) is 39.6 Å². The van der Waals surface area contributed by atoms with E-state index in [0.29, 0.717) is 11.3 Å². The van der Waals surface area contributed by atoms with Gasteiger partial charge in [0, 0.05) is 0 Å². The molecule has 3 rings (SSSR count). The van der Waals surface area contributed by atoms with Crippen LogP contribution >= 0.6 is 11.3 Å². The van der Waals surface area contributed by atoms with Crippen molar-refractivity contribution in [2.45, 2.75) is 25.4 Å². The van der Waals surface area contributed by atoms with Crippen molar-refractivity contribution in [1.29, 1.82) is 0 Å². The molecule has 2 aromatic heterocycles. The molecule has 26 heavy (non-hydrogen) atoms. The molecule has 1 N–H and O–H groups in total. The molecule has 1 amide bonds. The summed E-state index contributed by atoms with van der Waals surface area (Å²) >= 11 is 0.403. The molecule has 0 spiro atoms. The van der Waals surface area contributed by atoms with Gasteiger partial charge in [-0.3, -0.25) is 9.59 Å². The third-order valence-electron chi connectivity index (χ3n) is 3.75. The van der Waals surface area contributed by atoms with Gasteiger partial charge in [0.2, 0.25) is 5.69 Å². The van der Waals surface area contributed by atoms with E-state index in [0.717, 1.165) is 18.3 Å². The number of nitrogens with zero attached hydrogens (tertiary/aromatic N) is 2. The average molecular weight is 398 g/mol. The number of Topliss-reactive ketones (excluding diaryl/α,β-unsaturated/α-hetero) is 1. The SMILES string of the molecule is O=C(c1ccc(C(=O)C(F)(F)F)s1)N1CC[n+]2cc(C(F)(F)F)[nH]c2C1. The number of carbonyl (C=O) groups excluding carboxylic acids is 2. The summed E-state index contributed by atoms with van der Waals surface area (Å²) in [4.78, 5) is 26.3. The zero-order chi connectivity index (χ0) is 19.3. The highest BCUT2D eigenvalue weighted by Gasteiger charge is 2.42. The van der Waals surface area contributed by atoms with Crippen LogP contribution in [0.5, 0.6) is 0 Å². The highest BCUT2D eigenvalue weighted by Crippen LogP contribution is 2.29. The Bertz CT molecular complexity index is 867. The second-order valence-electron chi connectivity index (χ2n) is 5.52. The molecule has 0 atom stereocenters. The number of halogens is 6. The van der Waals surface area contributed by atoms with Gasteiger partial charge in [-0.2, -0.15) is 26.3 Å². The molecule has 0 radical (unpaired) electrons. The summed E-state index contributed by atoms with van der Waals surface area (Å²) in [6.07, 6.45) is -8.69. The second-order valence-corrected chi connectivity index (χ2v) is 6.61. The first kappa shape index (κ1) is 18.4. The van der Waals surface area contributed by atoms with Gasteiger partial charge in [-0.1, -0.05) is 0 Å². The maximum atomic E-state index is 12.7. The van der Waals surface area contributed by atoms with Crippen LogP contribution in [0.3, 0.4) is 0 Å². The zero-order valence-corrected chi connectivity index (χ0v) is 13.6. The number of amides is 1. The quantitative estimate of drug-likeness (QED) is 0.481. The number of H-pyrrole nitrogens is 1. The van der Waals surface area contributed by atoms with Crippen molar-refractivity contribution in [3.63, 3.8) is 0 Å². The Kier molecular flexibility index (Phi) is 4.33. The minimum atomic E-state index is -5.04. The molecule has 5 nitrogen and oxygen atoms in total. The number of aromatic amines is 1. The summed E-state index contributed by atoms with van der Waals surface area (Å²) in [5.74, 6) is -2.54. The van der Waals surface area contributed by atoms with Gasteiger partial charge in [0.05, 0.1) is 16.3 Å². The number of hydrogen-bond acceptors (Lipinski definition) is 3. The predicted octanol–water partition coefficient (Wildman–Crippen LogP) is 2.78. The van der Waals surface area contributed by atoms with Crippen LogP contribution in [0.25, 0.3) is 0 Å². The van der Waals surface area contributed by atoms with E-state index in [9.17, 15) is 35.9 Å². The van der Waals surface area contributed by atoms with E-state index < -0.39 is 34.6 Å². The lowest BCUT2D eigenvalue weighted by atomic mass is 10.3. The summed E-state index contributed by atoms with van der Waals surface area (Å²) in [6.45, 7) is 0.0365. The molecule has 2 aromatic rings. The Labute approximate surface area is 145 Å². The van der Waals surface area contributed by atoms with Crippen molar-refractivity contribution in [2.75, 3.05) is 6.54 Å². The van der Waals surface area contributed by atoms with E-state index in [-0.39, 0.29) is 30.3 Å². The van der Waals surface area contributed by atoms with Crippen LogP contribution in [0, 0.1) is 0 Å². The van der Waals surface area contributed by atoms with Crippen LogP contribution in [0.15, 0.2) is 18.3 Å². The van der Waals surface area contributed by atoms with E-state index >= 15 is 0 Å². The average Bonchev–Trinajstić information content (AvgIpc) is 3.18. The first-order valence-electron chi connectivity index (χ1n) is 7.16. The summed E-state index contributed by atoms with van der Waals surface area (Å²) in [5.41, 5.74) is -0.948. The topological polar surface area (TPSA) is 57.1 Å². The molecule has 140 valence electrons. The molecule has 0 saturated heterocycles. The lowest BCUT2D eigenvalue weighted by Crippen LogP contribution is -2.50. The van der Waals surface area contributed by atoms with Gasteiger partial charge in [-0.25, -0.2) is 9.55 Å². The highest BCUT2D eigenvalue weighted by molar-refractivity contribution is 7.16. The molecule has 0 aromatic carbocycles. The maximum absolute atomic E-state index is 12.7. The summed E-state index contributed by atoms with van der Waals surface area (Å²) < 4.78 is 76.8. The van der Waals surface area contributed by atoms with Crippen LogP contribution in [0.1, 0.15) is 30.9 Å². The lowest BCUT2D eigenvalue weighted by molar-refractivity contribution is -0.709. The van der Waals surface area contributed by atoms with E-state index in [2.05, 4.69) is 4.98 Å². The number of hydrogen-bond donors (Lipinski definition) is 1. The van der Waals surface area contributed by atoms with Crippen molar-refractivity contribution >= 4 is 23.0 Å². The number of imidazole rings is 1. The van der Waals surface area contributed by atoms with E-state index in [1.807, 2.05) is 0 Å². The number of nitrogens with one attached hydrogen (secondary N) is 1. The normalized spacial score (nSPS) is 15.1. The molecule has 0 bridgehead atoms. The van der Waals surface area contributed by atoms with Gasteiger partial charge >= 0.3 is 12.4 Å². The molecule has 3 heterocycles. The standard InChI is InChI=1S/C14H9F6N3O2S/c15-13(16,17)9-5-22-3-4-23(6-10(22)21-9)12(25)8-2-1-7(26-8)11(24)14(18,19)20/h1-2,5H,3-4,6H2/p+1. The van der Waals surface area contributed by atoms with Crippen LogP contribution in [-0.2, 0) is 19.3 Å². The molecule has 1 aliphatic heterocycles. The zero-order valence-electron chi connectivity index (χ0n) is 12.7. The molecular formula is C14H10F6N3O2S+. The summed E-state index contributed by atoms with van der Waals surface area (Å²) in [6, 6.07) is 2.01. The number of carbonyl (C=O) groups is 2. The smallest absolute Gasteiger partial charge is 0.322 e. The Balaban J connectivity index is 1.77. The van der Waals surface area contributed by atoms with Crippen molar-refractivity contribution in [2.24, 2.45) is 0 Å². The minimum absolute atomic E-state index is 0.0892. The van der Waals surface area contributed by atoms with Crippen LogP contribution < -0.4 is 4.57 Å². The molecule has 0 unspecified atom stereocenters. The van der Waals surface area contributed by atoms with Gasteiger partial charge in [0.25, 0.3) is 17.5 Å². The Morgan fingerprint density at radius 3 is 2.38 bits per heavy atom. The van der Waals surface area contributed by atoms with E-state index in [4.69, 9.17) is 0 Å². The Hall–Kier alpha value is -2.37. The van der Waals surface area contributed by atoms with Gasteiger partial charge in [0.15, 0.2) is 0 Å². The Morgan fingerprint density at radius 2 is 1.77 bits per heavy atom. The molecule has 0 aliphatic carbocycles. The Morgan fingerprint density at radius 1 is 1.12 bits per heavy atom. The van der Waals surface area contributed by atoms with E-state index in [1.165, 1.54) is 9.47 Å². The number of fused-ring (bicyclic) bond motifs is 1. The van der Waals surface area contributed by atoms with Crippen LogP contribution in [-0.4, -0.2) is 34.3 Å². The fourth-order valence-electron chi connectivity index (χ4n) is 2.50. The molecule has 0 fully saturated rings.